The van der Waals surface area contributed by atoms with Gasteiger partial charge in [0.15, 0.2) is 17.2 Å². The van der Waals surface area contributed by atoms with Crippen molar-refractivity contribution >= 4 is 11.7 Å². The van der Waals surface area contributed by atoms with Crippen LogP contribution in [0.2, 0.25) is 0 Å². The van der Waals surface area contributed by atoms with Crippen LogP contribution in [-0.2, 0) is 0 Å². The largest absolute Gasteiger partial charge is 0.494 e. The van der Waals surface area contributed by atoms with Gasteiger partial charge in [0.1, 0.15) is 5.75 Å². The fourth-order valence-electron chi connectivity index (χ4n) is 2.87. The van der Waals surface area contributed by atoms with E-state index < -0.39 is 0 Å². The summed E-state index contributed by atoms with van der Waals surface area (Å²) in [5.41, 5.74) is 1.55. The highest BCUT2D eigenvalue weighted by molar-refractivity contribution is 6.05. The summed E-state index contributed by atoms with van der Waals surface area (Å²) in [7, 11) is 0. The number of ether oxygens (including phenoxy) is 3. The molecule has 0 radical (unpaired) electrons. The molecule has 3 aromatic rings. The van der Waals surface area contributed by atoms with Gasteiger partial charge in [0.2, 0.25) is 5.82 Å². The Bertz CT molecular complexity index is 985. The summed E-state index contributed by atoms with van der Waals surface area (Å²) in [5, 5.41) is 10.5. The van der Waals surface area contributed by atoms with Gasteiger partial charge in [-0.15, -0.1) is 0 Å². The highest BCUT2D eigenvalue weighted by Gasteiger charge is 2.18. The van der Waals surface area contributed by atoms with Gasteiger partial charge < -0.3 is 19.5 Å². The molecule has 0 aliphatic heterocycles. The highest BCUT2D eigenvalue weighted by Crippen LogP contribution is 2.34. The molecule has 8 nitrogen and oxygen atoms in total. The van der Waals surface area contributed by atoms with Crippen LogP contribution in [0.15, 0.2) is 47.1 Å². The molecule has 164 valence electrons. The lowest BCUT2D eigenvalue weighted by Gasteiger charge is -2.12. The molecule has 0 atom stereocenters. The number of aromatic nitrogens is 2. The first kappa shape index (κ1) is 22.1. The van der Waals surface area contributed by atoms with Crippen molar-refractivity contribution in [3.8, 4) is 28.5 Å². The Balaban J connectivity index is 1.74. The van der Waals surface area contributed by atoms with Crippen LogP contribution in [0.1, 0.15) is 44.0 Å². The Kier molecular flexibility index (Phi) is 7.86. The molecule has 1 amide bonds. The van der Waals surface area contributed by atoms with E-state index in [1.54, 1.807) is 36.4 Å². The SMILES string of the molecule is CCCCOc1ccc(C(=O)Nc2nonc2-c2ccc(OCC)c(OCC)c2)cc1. The summed E-state index contributed by atoms with van der Waals surface area (Å²) in [6.45, 7) is 7.57. The molecule has 0 fully saturated rings. The van der Waals surface area contributed by atoms with Crippen LogP contribution in [0.25, 0.3) is 11.3 Å². The molecule has 0 bridgehead atoms. The second-order valence-corrected chi connectivity index (χ2v) is 6.67. The lowest BCUT2D eigenvalue weighted by Crippen LogP contribution is -2.12. The third-order valence-electron chi connectivity index (χ3n) is 4.42. The maximum absolute atomic E-state index is 12.7. The quantitative estimate of drug-likeness (QED) is 0.434. The van der Waals surface area contributed by atoms with Crippen molar-refractivity contribution in [3.63, 3.8) is 0 Å². The Morgan fingerprint density at radius 1 is 0.935 bits per heavy atom. The van der Waals surface area contributed by atoms with Crippen molar-refractivity contribution in [3.05, 3.63) is 48.0 Å². The first-order valence-electron chi connectivity index (χ1n) is 10.4. The van der Waals surface area contributed by atoms with Crippen molar-refractivity contribution in [2.24, 2.45) is 0 Å². The van der Waals surface area contributed by atoms with E-state index in [1.165, 1.54) is 0 Å². The first-order valence-corrected chi connectivity index (χ1v) is 10.4. The van der Waals surface area contributed by atoms with Crippen LogP contribution >= 0.6 is 0 Å². The molecule has 0 aliphatic carbocycles. The van der Waals surface area contributed by atoms with Crippen molar-refractivity contribution < 1.29 is 23.6 Å². The number of hydrogen-bond acceptors (Lipinski definition) is 7. The Hall–Kier alpha value is -3.55. The topological polar surface area (TPSA) is 95.7 Å². The number of benzene rings is 2. The minimum Gasteiger partial charge on any atom is -0.494 e. The van der Waals surface area contributed by atoms with Crippen LogP contribution in [0.5, 0.6) is 17.2 Å². The van der Waals surface area contributed by atoms with Gasteiger partial charge in [-0.05, 0) is 73.0 Å². The number of unbranched alkanes of at least 4 members (excludes halogenated alkanes) is 1. The molecule has 31 heavy (non-hydrogen) atoms. The summed E-state index contributed by atoms with van der Waals surface area (Å²) in [4.78, 5) is 12.7. The van der Waals surface area contributed by atoms with E-state index in [9.17, 15) is 4.79 Å². The first-order chi connectivity index (χ1) is 15.2. The predicted molar refractivity (Wildman–Crippen MR) is 117 cm³/mol. The van der Waals surface area contributed by atoms with E-state index in [0.717, 1.165) is 18.6 Å². The van der Waals surface area contributed by atoms with Crippen molar-refractivity contribution in [2.75, 3.05) is 25.1 Å². The summed E-state index contributed by atoms with van der Waals surface area (Å²) >= 11 is 0. The van der Waals surface area contributed by atoms with E-state index in [4.69, 9.17) is 18.8 Å². The van der Waals surface area contributed by atoms with E-state index in [-0.39, 0.29) is 11.7 Å². The zero-order chi connectivity index (χ0) is 22.1. The minimum absolute atomic E-state index is 0.222. The molecular formula is C23H27N3O5. The third kappa shape index (κ3) is 5.75. The minimum atomic E-state index is -0.326. The lowest BCUT2D eigenvalue weighted by molar-refractivity contribution is 0.102. The van der Waals surface area contributed by atoms with E-state index >= 15 is 0 Å². The van der Waals surface area contributed by atoms with Crippen LogP contribution < -0.4 is 19.5 Å². The van der Waals surface area contributed by atoms with Gasteiger partial charge in [0.05, 0.1) is 19.8 Å². The summed E-state index contributed by atoms with van der Waals surface area (Å²) in [6.07, 6.45) is 2.05. The molecule has 1 aromatic heterocycles. The van der Waals surface area contributed by atoms with Crippen LogP contribution in [0, 0.1) is 0 Å². The number of rotatable bonds is 11. The zero-order valence-electron chi connectivity index (χ0n) is 18.0. The zero-order valence-corrected chi connectivity index (χ0v) is 18.0. The van der Waals surface area contributed by atoms with Crippen LogP contribution in [-0.4, -0.2) is 36.0 Å². The monoisotopic (exact) mass is 425 g/mol. The average Bonchev–Trinajstić information content (AvgIpc) is 3.24. The maximum Gasteiger partial charge on any atom is 0.256 e. The van der Waals surface area contributed by atoms with Crippen LogP contribution in [0.3, 0.4) is 0 Å². The normalized spacial score (nSPS) is 10.5. The van der Waals surface area contributed by atoms with Gasteiger partial charge in [-0.3, -0.25) is 4.79 Å². The van der Waals surface area contributed by atoms with Crippen LogP contribution in [0.4, 0.5) is 5.82 Å². The van der Waals surface area contributed by atoms with Gasteiger partial charge in [-0.1, -0.05) is 13.3 Å². The van der Waals surface area contributed by atoms with Gasteiger partial charge in [-0.2, -0.15) is 0 Å². The molecule has 0 unspecified atom stereocenters. The lowest BCUT2D eigenvalue weighted by atomic mass is 10.1. The summed E-state index contributed by atoms with van der Waals surface area (Å²) < 4.78 is 21.8. The molecular weight excluding hydrogens is 398 g/mol. The molecule has 8 heteroatoms. The maximum atomic E-state index is 12.7. The fourth-order valence-corrected chi connectivity index (χ4v) is 2.87. The third-order valence-corrected chi connectivity index (χ3v) is 4.42. The molecule has 1 heterocycles. The Labute approximate surface area is 181 Å². The molecule has 0 spiro atoms. The van der Waals surface area contributed by atoms with E-state index in [1.807, 2.05) is 19.9 Å². The van der Waals surface area contributed by atoms with E-state index in [2.05, 4.69) is 22.6 Å². The number of anilines is 1. The number of amides is 1. The Morgan fingerprint density at radius 3 is 2.39 bits per heavy atom. The number of nitrogens with zero attached hydrogens (tertiary/aromatic N) is 2. The van der Waals surface area contributed by atoms with E-state index in [0.29, 0.717) is 48.1 Å². The number of nitrogens with one attached hydrogen (secondary N) is 1. The van der Waals surface area contributed by atoms with Crippen molar-refractivity contribution in [2.45, 2.75) is 33.6 Å². The highest BCUT2D eigenvalue weighted by atomic mass is 16.6. The molecule has 1 N–H and O–H groups in total. The van der Waals surface area contributed by atoms with Gasteiger partial charge in [0.25, 0.3) is 5.91 Å². The summed E-state index contributed by atoms with van der Waals surface area (Å²) in [6, 6.07) is 12.3. The fraction of sp³-hybridized carbons (Fsp3) is 0.348. The number of hydrogen-bond donors (Lipinski definition) is 1. The van der Waals surface area contributed by atoms with Gasteiger partial charge in [-0.25, -0.2) is 4.63 Å². The smallest absolute Gasteiger partial charge is 0.256 e. The molecule has 0 saturated heterocycles. The second kappa shape index (κ2) is 11.0. The number of carbonyl (C=O) groups is 1. The van der Waals surface area contributed by atoms with Crippen molar-refractivity contribution in [1.29, 1.82) is 0 Å². The van der Waals surface area contributed by atoms with Crippen molar-refractivity contribution in [1.82, 2.24) is 10.3 Å². The standard InChI is InChI=1S/C23H27N3O5/c1-4-7-14-30-18-11-8-16(9-12-18)23(27)24-22-21(25-31-26-22)17-10-13-19(28-5-2)20(15-17)29-6-3/h8-13,15H,4-7,14H2,1-3H3,(H,24,26,27). The second-order valence-electron chi connectivity index (χ2n) is 6.67. The average molecular weight is 425 g/mol. The molecule has 2 aromatic carbocycles. The molecule has 0 aliphatic rings. The molecule has 3 rings (SSSR count). The molecule has 0 saturated carbocycles. The van der Waals surface area contributed by atoms with Gasteiger partial charge >= 0.3 is 0 Å². The summed E-state index contributed by atoms with van der Waals surface area (Å²) in [5.74, 6) is 1.84. The number of carbonyl (C=O) groups excluding carboxylic acids is 1. The Morgan fingerprint density at radius 2 is 1.68 bits per heavy atom. The predicted octanol–water partition coefficient (Wildman–Crippen LogP) is 4.97. The van der Waals surface area contributed by atoms with Gasteiger partial charge in [0, 0.05) is 11.1 Å².